The molecular formula is C24H20ClN9O2. The lowest BCUT2D eigenvalue weighted by Crippen LogP contribution is -2.17. The molecule has 1 aliphatic rings. The molecule has 0 atom stereocenters. The third-order valence-electron chi connectivity index (χ3n) is 5.51. The second-order valence-corrected chi connectivity index (χ2v) is 9.29. The van der Waals surface area contributed by atoms with Gasteiger partial charge in [0, 0.05) is 22.7 Å². The van der Waals surface area contributed by atoms with Crippen LogP contribution < -0.4 is 15.8 Å². The Hall–Kier alpha value is -4.51. The van der Waals surface area contributed by atoms with Gasteiger partial charge in [0.2, 0.25) is 5.88 Å². The van der Waals surface area contributed by atoms with Crippen LogP contribution in [0.1, 0.15) is 13.8 Å². The van der Waals surface area contributed by atoms with Crippen LogP contribution in [0.3, 0.4) is 0 Å². The van der Waals surface area contributed by atoms with Gasteiger partial charge in [0.25, 0.3) is 6.02 Å². The van der Waals surface area contributed by atoms with Crippen LogP contribution >= 0.6 is 11.6 Å². The number of nitrogens with one attached hydrogen (secondary N) is 1. The highest BCUT2D eigenvalue weighted by atomic mass is 35.5. The summed E-state index contributed by atoms with van der Waals surface area (Å²) in [5.74, 6) is 1.57. The first-order valence-corrected chi connectivity index (χ1v) is 11.4. The van der Waals surface area contributed by atoms with Crippen molar-refractivity contribution < 1.29 is 9.47 Å². The number of fused-ring (bicyclic) bond motifs is 2. The zero-order valence-corrected chi connectivity index (χ0v) is 20.1. The van der Waals surface area contributed by atoms with Crippen molar-refractivity contribution in [3.05, 3.63) is 60.1 Å². The van der Waals surface area contributed by atoms with Crippen molar-refractivity contribution in [2.45, 2.75) is 19.4 Å². The lowest BCUT2D eigenvalue weighted by Gasteiger charge is -2.11. The highest BCUT2D eigenvalue weighted by molar-refractivity contribution is 6.32. The summed E-state index contributed by atoms with van der Waals surface area (Å²) in [5.41, 5.74) is 8.83. The molecule has 5 aromatic rings. The van der Waals surface area contributed by atoms with Crippen LogP contribution in [-0.4, -0.2) is 47.7 Å². The second kappa shape index (κ2) is 8.31. The number of nitrogens with two attached hydrogens (primary N) is 1. The summed E-state index contributed by atoms with van der Waals surface area (Å²) in [6, 6.07) is 13.0. The number of hydrogen-bond acceptors (Lipinski definition) is 10. The summed E-state index contributed by atoms with van der Waals surface area (Å²) in [6.45, 7) is 4.54. The van der Waals surface area contributed by atoms with Gasteiger partial charge in [-0.2, -0.15) is 0 Å². The van der Waals surface area contributed by atoms with E-state index in [1.807, 2.05) is 38.1 Å². The maximum Gasteiger partial charge on any atom is 0.289 e. The zero-order chi connectivity index (χ0) is 24.9. The lowest BCUT2D eigenvalue weighted by atomic mass is 10.1. The molecule has 3 N–H and O–H groups in total. The molecule has 11 nitrogen and oxygen atoms in total. The molecular weight excluding hydrogens is 482 g/mol. The Morgan fingerprint density at radius 2 is 2.00 bits per heavy atom. The molecule has 0 saturated carbocycles. The number of ether oxygens (including phenoxy) is 2. The molecule has 0 aliphatic carbocycles. The molecule has 180 valence electrons. The van der Waals surface area contributed by atoms with Crippen LogP contribution in [-0.2, 0) is 4.74 Å². The molecule has 0 saturated heterocycles. The van der Waals surface area contributed by atoms with Gasteiger partial charge in [0.15, 0.2) is 11.5 Å². The Morgan fingerprint density at radius 3 is 2.81 bits per heavy atom. The molecule has 0 amide bonds. The topological polar surface area (TPSA) is 138 Å². The van der Waals surface area contributed by atoms with Crippen molar-refractivity contribution >= 4 is 45.7 Å². The monoisotopic (exact) mass is 501 g/mol. The predicted octanol–water partition coefficient (Wildman–Crippen LogP) is 4.34. The van der Waals surface area contributed by atoms with E-state index >= 15 is 0 Å². The van der Waals surface area contributed by atoms with Crippen LogP contribution in [0.5, 0.6) is 11.6 Å². The summed E-state index contributed by atoms with van der Waals surface area (Å²) < 4.78 is 13.1. The normalized spacial score (nSPS) is 14.6. The second-order valence-electron chi connectivity index (χ2n) is 8.88. The van der Waals surface area contributed by atoms with Crippen molar-refractivity contribution in [1.82, 2.24) is 29.5 Å². The number of halogens is 1. The Kier molecular flexibility index (Phi) is 5.07. The number of benzene rings is 2. The highest BCUT2D eigenvalue weighted by Gasteiger charge is 2.26. The van der Waals surface area contributed by atoms with Gasteiger partial charge in [-0.3, -0.25) is 4.40 Å². The summed E-state index contributed by atoms with van der Waals surface area (Å²) in [6.07, 6.45) is 3.12. The van der Waals surface area contributed by atoms with E-state index in [0.717, 1.165) is 5.69 Å². The van der Waals surface area contributed by atoms with Gasteiger partial charge >= 0.3 is 0 Å². The molecule has 0 unspecified atom stereocenters. The molecule has 0 fully saturated rings. The van der Waals surface area contributed by atoms with Gasteiger partial charge in [0.05, 0.1) is 16.1 Å². The zero-order valence-electron chi connectivity index (χ0n) is 19.3. The number of anilines is 2. The largest absolute Gasteiger partial charge is 0.462 e. The minimum Gasteiger partial charge on any atom is -0.462 e. The van der Waals surface area contributed by atoms with Gasteiger partial charge < -0.3 is 20.5 Å². The Bertz CT molecular complexity index is 1660. The van der Waals surface area contributed by atoms with E-state index in [0.29, 0.717) is 63.0 Å². The van der Waals surface area contributed by atoms with E-state index < -0.39 is 0 Å². The summed E-state index contributed by atoms with van der Waals surface area (Å²) >= 11 is 6.50. The van der Waals surface area contributed by atoms with Gasteiger partial charge in [-0.25, -0.2) is 19.9 Å². The molecule has 12 heteroatoms. The maximum atomic E-state index is 6.50. The SMILES string of the molecule is CC1(C)COC(Nc2ccc3nc(-c4ccc(Oc5cc6nncn6cn5)c(Cl)c4)nc(N)c3c2)=N1. The molecule has 4 heterocycles. The average molecular weight is 502 g/mol. The predicted molar refractivity (Wildman–Crippen MR) is 136 cm³/mol. The molecule has 3 aromatic heterocycles. The quantitative estimate of drug-likeness (QED) is 0.368. The summed E-state index contributed by atoms with van der Waals surface area (Å²) in [4.78, 5) is 17.9. The van der Waals surface area contributed by atoms with Gasteiger partial charge in [-0.15, -0.1) is 10.2 Å². The first-order valence-electron chi connectivity index (χ1n) is 11.0. The van der Waals surface area contributed by atoms with Crippen LogP contribution in [0, 0.1) is 0 Å². The van der Waals surface area contributed by atoms with Crippen molar-refractivity contribution in [3.8, 4) is 23.0 Å². The number of amidine groups is 1. The third kappa shape index (κ3) is 4.20. The van der Waals surface area contributed by atoms with Crippen LogP contribution in [0.4, 0.5) is 11.5 Å². The highest BCUT2D eigenvalue weighted by Crippen LogP contribution is 2.33. The Morgan fingerprint density at radius 1 is 1.11 bits per heavy atom. The van der Waals surface area contributed by atoms with E-state index in [1.54, 1.807) is 35.3 Å². The minimum atomic E-state index is -0.250. The van der Waals surface area contributed by atoms with Crippen molar-refractivity contribution in [1.29, 1.82) is 0 Å². The van der Waals surface area contributed by atoms with Crippen molar-refractivity contribution in [2.24, 2.45) is 4.99 Å². The maximum absolute atomic E-state index is 6.50. The fraction of sp³-hybridized carbons (Fsp3) is 0.167. The van der Waals surface area contributed by atoms with Gasteiger partial charge in [0.1, 0.15) is 30.8 Å². The molecule has 6 rings (SSSR count). The number of hydrogen-bond donors (Lipinski definition) is 2. The number of nitrogens with zero attached hydrogens (tertiary/aromatic N) is 7. The van der Waals surface area contributed by atoms with Crippen LogP contribution in [0.2, 0.25) is 5.02 Å². The summed E-state index contributed by atoms with van der Waals surface area (Å²) in [5, 5.41) is 12.1. The van der Waals surface area contributed by atoms with Crippen LogP contribution in [0.15, 0.2) is 60.1 Å². The Balaban J connectivity index is 1.26. The number of nitrogen functional groups attached to an aromatic ring is 1. The number of aliphatic imine (C=N–C) groups is 1. The fourth-order valence-electron chi connectivity index (χ4n) is 3.73. The first kappa shape index (κ1) is 22.0. The van der Waals surface area contributed by atoms with Gasteiger partial charge in [-0.05, 0) is 50.2 Å². The van der Waals surface area contributed by atoms with E-state index in [-0.39, 0.29) is 5.54 Å². The molecule has 2 aromatic carbocycles. The molecule has 0 bridgehead atoms. The van der Waals surface area contributed by atoms with E-state index in [2.05, 4.69) is 35.5 Å². The fourth-order valence-corrected chi connectivity index (χ4v) is 3.95. The first-order chi connectivity index (χ1) is 17.3. The summed E-state index contributed by atoms with van der Waals surface area (Å²) in [7, 11) is 0. The lowest BCUT2D eigenvalue weighted by molar-refractivity contribution is 0.278. The van der Waals surface area contributed by atoms with Crippen molar-refractivity contribution in [2.75, 3.05) is 17.7 Å². The van der Waals surface area contributed by atoms with E-state index in [4.69, 9.17) is 26.8 Å². The number of aromatic nitrogens is 6. The minimum absolute atomic E-state index is 0.250. The molecule has 1 aliphatic heterocycles. The third-order valence-corrected chi connectivity index (χ3v) is 5.81. The number of rotatable bonds is 4. The molecule has 0 radical (unpaired) electrons. The smallest absolute Gasteiger partial charge is 0.289 e. The average Bonchev–Trinajstić information content (AvgIpc) is 3.45. The Labute approximate surface area is 210 Å². The van der Waals surface area contributed by atoms with Crippen molar-refractivity contribution in [3.63, 3.8) is 0 Å². The van der Waals surface area contributed by atoms with Crippen LogP contribution in [0.25, 0.3) is 27.9 Å². The van der Waals surface area contributed by atoms with Gasteiger partial charge in [-0.1, -0.05) is 11.6 Å². The molecule has 36 heavy (non-hydrogen) atoms. The van der Waals surface area contributed by atoms with E-state index in [9.17, 15) is 0 Å². The standard InChI is InChI=1S/C24H20ClN9O2/c1-24(2)10-35-23(32-24)29-14-4-5-17-15(8-14)21(26)31-22(30-17)13-3-6-18(16(25)7-13)36-20-9-19-33-28-12-34(19)11-27-20/h3-9,11-12H,10H2,1-2H3,(H,29,32)(H2,26,30,31). The van der Waals surface area contributed by atoms with E-state index in [1.165, 1.54) is 0 Å². The molecule has 0 spiro atoms.